The lowest BCUT2D eigenvalue weighted by Crippen LogP contribution is -2.35. The van der Waals surface area contributed by atoms with Crippen LogP contribution < -0.4 is 14.2 Å². The maximum Gasteiger partial charge on any atom is 0.245 e. The van der Waals surface area contributed by atoms with Crippen LogP contribution in [0.5, 0.6) is 11.8 Å². The van der Waals surface area contributed by atoms with Crippen LogP contribution >= 0.6 is 0 Å². The highest BCUT2D eigenvalue weighted by atomic mass is 32.2. The number of hydrogen-bond acceptors (Lipinski definition) is 12. The Balaban J connectivity index is 1.80. The molecule has 0 radical (unpaired) electrons. The van der Waals surface area contributed by atoms with Gasteiger partial charge in [-0.1, -0.05) is 0 Å². The van der Waals surface area contributed by atoms with Gasteiger partial charge >= 0.3 is 0 Å². The van der Waals surface area contributed by atoms with Crippen molar-refractivity contribution in [1.29, 1.82) is 0 Å². The molecule has 40 heavy (non-hydrogen) atoms. The number of ether oxygens (including phenoxy) is 4. The second-order valence-corrected chi connectivity index (χ2v) is 12.5. The van der Waals surface area contributed by atoms with E-state index in [1.54, 1.807) is 12.4 Å². The Morgan fingerprint density at radius 3 is 2.20 bits per heavy atom. The van der Waals surface area contributed by atoms with Crippen LogP contribution in [-0.2, 0) is 19.5 Å². The predicted octanol–water partition coefficient (Wildman–Crippen LogP) is 2.75. The van der Waals surface area contributed by atoms with E-state index in [9.17, 15) is 8.42 Å². The maximum absolute atomic E-state index is 13.8. The van der Waals surface area contributed by atoms with E-state index in [-0.39, 0.29) is 41.2 Å². The minimum atomic E-state index is -4.15. The second kappa shape index (κ2) is 11.6. The molecular formula is C25H36N8O6S. The molecule has 1 saturated heterocycles. The Hall–Kier alpha value is -3.43. The highest BCUT2D eigenvalue weighted by Gasteiger charge is 2.40. The Morgan fingerprint density at radius 2 is 1.68 bits per heavy atom. The second-order valence-electron chi connectivity index (χ2n) is 10.5. The maximum atomic E-state index is 13.8. The van der Waals surface area contributed by atoms with E-state index in [4.69, 9.17) is 18.9 Å². The highest BCUT2D eigenvalue weighted by molar-refractivity contribution is 7.93. The first-order chi connectivity index (χ1) is 18.9. The number of nitrogens with zero attached hydrogens (tertiary/aromatic N) is 7. The fraction of sp³-hybridized carbons (Fsp3) is 0.600. The van der Waals surface area contributed by atoms with Crippen molar-refractivity contribution in [2.24, 2.45) is 0 Å². The van der Waals surface area contributed by atoms with Crippen LogP contribution in [0.4, 0.5) is 5.95 Å². The molecule has 1 fully saturated rings. The number of aromatic nitrogens is 7. The molecule has 1 N–H and O–H groups in total. The van der Waals surface area contributed by atoms with Gasteiger partial charge in [-0.15, -0.1) is 10.2 Å². The van der Waals surface area contributed by atoms with Crippen LogP contribution in [-0.4, -0.2) is 80.9 Å². The highest BCUT2D eigenvalue weighted by Crippen LogP contribution is 2.40. The molecule has 0 amide bonds. The molecule has 0 aromatic carbocycles. The summed E-state index contributed by atoms with van der Waals surface area (Å²) in [6.45, 7) is 11.3. The summed E-state index contributed by atoms with van der Waals surface area (Å²) >= 11 is 0. The lowest BCUT2D eigenvalue weighted by Gasteiger charge is -2.25. The third kappa shape index (κ3) is 6.15. The molecule has 0 bridgehead atoms. The van der Waals surface area contributed by atoms with Gasteiger partial charge in [0.2, 0.25) is 27.7 Å². The summed E-state index contributed by atoms with van der Waals surface area (Å²) in [7, 11) is -1.27. The van der Waals surface area contributed by atoms with Gasteiger partial charge in [0.1, 0.15) is 23.5 Å². The van der Waals surface area contributed by atoms with Gasteiger partial charge in [0.25, 0.3) is 0 Å². The van der Waals surface area contributed by atoms with Crippen molar-refractivity contribution in [3.63, 3.8) is 0 Å². The lowest BCUT2D eigenvalue weighted by molar-refractivity contribution is 0.00152. The average molecular weight is 577 g/mol. The van der Waals surface area contributed by atoms with Crippen molar-refractivity contribution in [3.05, 3.63) is 35.9 Å². The van der Waals surface area contributed by atoms with Crippen LogP contribution in [0.1, 0.15) is 70.3 Å². The number of aryl methyl sites for hydroxylation is 1. The summed E-state index contributed by atoms with van der Waals surface area (Å²) in [5, 5.41) is 7.50. The van der Waals surface area contributed by atoms with Crippen molar-refractivity contribution < 1.29 is 27.4 Å². The minimum Gasteiger partial charge on any atom is -0.479 e. The smallest absolute Gasteiger partial charge is 0.245 e. The van der Waals surface area contributed by atoms with Crippen molar-refractivity contribution in [1.82, 2.24) is 34.7 Å². The zero-order chi connectivity index (χ0) is 29.2. The summed E-state index contributed by atoms with van der Waals surface area (Å²) < 4.78 is 54.7. The van der Waals surface area contributed by atoms with Crippen LogP contribution in [0.25, 0.3) is 5.69 Å². The molecule has 0 unspecified atom stereocenters. The molecular weight excluding hydrogens is 540 g/mol. The van der Waals surface area contributed by atoms with E-state index in [0.717, 1.165) is 5.56 Å². The van der Waals surface area contributed by atoms with Crippen molar-refractivity contribution in [2.75, 3.05) is 25.5 Å². The summed E-state index contributed by atoms with van der Waals surface area (Å²) in [6.07, 6.45) is 3.91. The predicted molar refractivity (Wildman–Crippen MR) is 145 cm³/mol. The number of methoxy groups -OCH3 is 2. The standard InChI is InChI=1S/C25H36N8O6S/c1-14(2)39-19(20-26-10-15(3)11-27-20)16(4)40(34,35)32-24-31-30-21(17-9-25(5,6)38-12-17)33(24)18-22(36-7)28-13-29-23(18)37-8/h10-11,13-14,16-17,19H,9,12H2,1-8H3,(H,31,32)/t16-,17+,19+/m0/s1. The van der Waals surface area contributed by atoms with Crippen molar-refractivity contribution in [3.8, 4) is 17.4 Å². The monoisotopic (exact) mass is 576 g/mol. The summed E-state index contributed by atoms with van der Waals surface area (Å²) in [5.41, 5.74) is 0.694. The molecule has 15 heteroatoms. The quantitative estimate of drug-likeness (QED) is 0.355. The third-order valence-electron chi connectivity index (χ3n) is 6.46. The minimum absolute atomic E-state index is 0.0916. The van der Waals surface area contributed by atoms with Gasteiger partial charge in [0.15, 0.2) is 11.5 Å². The summed E-state index contributed by atoms with van der Waals surface area (Å²) in [4.78, 5) is 17.1. The Labute approximate surface area is 233 Å². The Morgan fingerprint density at radius 1 is 1.05 bits per heavy atom. The molecule has 14 nitrogen and oxygen atoms in total. The van der Waals surface area contributed by atoms with Crippen LogP contribution in [0.15, 0.2) is 18.7 Å². The third-order valence-corrected chi connectivity index (χ3v) is 8.15. The van der Waals surface area contributed by atoms with E-state index in [2.05, 4.69) is 34.9 Å². The number of rotatable bonds is 11. The molecule has 3 aromatic rings. The molecule has 0 saturated carbocycles. The van der Waals surface area contributed by atoms with Crippen molar-refractivity contribution >= 4 is 16.0 Å². The lowest BCUT2D eigenvalue weighted by atomic mass is 9.97. The first-order valence-electron chi connectivity index (χ1n) is 12.8. The van der Waals surface area contributed by atoms with E-state index >= 15 is 0 Å². The van der Waals surface area contributed by atoms with E-state index < -0.39 is 27.0 Å². The fourth-order valence-corrected chi connectivity index (χ4v) is 5.58. The van der Waals surface area contributed by atoms with Gasteiger partial charge < -0.3 is 18.9 Å². The molecule has 3 aromatic heterocycles. The zero-order valence-electron chi connectivity index (χ0n) is 23.9. The van der Waals surface area contributed by atoms with Crippen molar-refractivity contribution in [2.45, 2.75) is 76.9 Å². The summed E-state index contributed by atoms with van der Waals surface area (Å²) in [5.74, 6) is 0.697. The molecule has 0 aliphatic carbocycles. The zero-order valence-corrected chi connectivity index (χ0v) is 24.8. The molecule has 4 rings (SSSR count). The molecule has 1 aliphatic heterocycles. The SMILES string of the molecule is COc1ncnc(OC)c1-n1c(NS(=O)(=O)[C@@H](C)[C@@H](OC(C)C)c2ncc(C)cn2)nnc1[C@H]1COC(C)(C)C1. The summed E-state index contributed by atoms with van der Waals surface area (Å²) in [6, 6.07) is 0. The van der Waals surface area contributed by atoms with E-state index in [0.29, 0.717) is 18.9 Å². The normalized spacial score (nSPS) is 18.5. The van der Waals surface area contributed by atoms with Gasteiger partial charge in [-0.3, -0.25) is 9.29 Å². The van der Waals surface area contributed by atoms with Gasteiger partial charge in [-0.05, 0) is 53.5 Å². The molecule has 4 heterocycles. The van der Waals surface area contributed by atoms with Gasteiger partial charge in [-0.25, -0.2) is 18.4 Å². The molecule has 0 spiro atoms. The first-order valence-corrected chi connectivity index (χ1v) is 14.4. The largest absolute Gasteiger partial charge is 0.479 e. The Kier molecular flexibility index (Phi) is 8.56. The van der Waals surface area contributed by atoms with E-state index in [1.807, 2.05) is 34.6 Å². The topological polar surface area (TPSA) is 165 Å². The van der Waals surface area contributed by atoms with Gasteiger partial charge in [0, 0.05) is 18.3 Å². The van der Waals surface area contributed by atoms with Crippen LogP contribution in [0.2, 0.25) is 0 Å². The first kappa shape index (κ1) is 29.6. The fourth-order valence-electron chi connectivity index (χ4n) is 4.50. The van der Waals surface area contributed by atoms with Crippen LogP contribution in [0.3, 0.4) is 0 Å². The van der Waals surface area contributed by atoms with Gasteiger partial charge in [0.05, 0.1) is 32.5 Å². The van der Waals surface area contributed by atoms with Gasteiger partial charge in [-0.2, -0.15) is 9.97 Å². The Bertz CT molecular complexity index is 1410. The van der Waals surface area contributed by atoms with E-state index in [1.165, 1.54) is 32.0 Å². The molecule has 1 aliphatic rings. The number of nitrogens with one attached hydrogen (secondary N) is 1. The number of hydrogen-bond donors (Lipinski definition) is 1. The number of sulfonamides is 1. The molecule has 218 valence electrons. The average Bonchev–Trinajstić information content (AvgIpc) is 3.48. The number of anilines is 1. The molecule has 3 atom stereocenters. The van der Waals surface area contributed by atoms with Crippen LogP contribution in [0, 0.1) is 6.92 Å².